The highest BCUT2D eigenvalue weighted by Crippen LogP contribution is 2.60. The summed E-state index contributed by atoms with van der Waals surface area (Å²) in [6.45, 7) is 0.864. The van der Waals surface area contributed by atoms with E-state index in [-0.39, 0.29) is 11.3 Å². The third kappa shape index (κ3) is 2.45. The summed E-state index contributed by atoms with van der Waals surface area (Å²) in [6.07, 6.45) is 7.52. The highest BCUT2D eigenvalue weighted by Gasteiger charge is 2.54. The van der Waals surface area contributed by atoms with Gasteiger partial charge >= 0.3 is 0 Å². The standard InChI is InChI=1S/C19H26N2O/c1-20-12-13-2-4-17(5-3-13)21-18(22)19-9-14-6-15(10-19)8-16(7-14)11-19/h2-5,14-16,20H,6-12H2,1H3,(H,21,22). The van der Waals surface area contributed by atoms with E-state index in [9.17, 15) is 4.79 Å². The fourth-order valence-electron chi connectivity index (χ4n) is 5.56. The van der Waals surface area contributed by atoms with Crippen LogP contribution in [0.4, 0.5) is 5.69 Å². The summed E-state index contributed by atoms with van der Waals surface area (Å²) in [5.41, 5.74) is 2.13. The van der Waals surface area contributed by atoms with Gasteiger partial charge in [-0.05, 0) is 81.0 Å². The van der Waals surface area contributed by atoms with Crippen LogP contribution in [0.15, 0.2) is 24.3 Å². The lowest BCUT2D eigenvalue weighted by atomic mass is 9.49. The van der Waals surface area contributed by atoms with Gasteiger partial charge in [0.05, 0.1) is 5.41 Å². The van der Waals surface area contributed by atoms with Gasteiger partial charge < -0.3 is 10.6 Å². The average Bonchev–Trinajstić information content (AvgIpc) is 2.48. The maximum absolute atomic E-state index is 13.0. The van der Waals surface area contributed by atoms with Crippen molar-refractivity contribution in [3.8, 4) is 0 Å². The Morgan fingerprint density at radius 2 is 1.59 bits per heavy atom. The van der Waals surface area contributed by atoms with Crippen LogP contribution in [0, 0.1) is 23.2 Å². The predicted octanol–water partition coefficient (Wildman–Crippen LogP) is 3.56. The van der Waals surface area contributed by atoms with Crippen LogP contribution >= 0.6 is 0 Å². The number of nitrogens with one attached hydrogen (secondary N) is 2. The number of hydrogen-bond donors (Lipinski definition) is 2. The van der Waals surface area contributed by atoms with Crippen LogP contribution in [0.25, 0.3) is 0 Å². The molecule has 1 aromatic rings. The Labute approximate surface area is 132 Å². The number of anilines is 1. The third-order valence-corrected chi connectivity index (χ3v) is 6.11. The first-order chi connectivity index (χ1) is 10.7. The van der Waals surface area contributed by atoms with Gasteiger partial charge in [-0.25, -0.2) is 0 Å². The number of hydrogen-bond acceptors (Lipinski definition) is 2. The zero-order chi connectivity index (χ0) is 15.2. The van der Waals surface area contributed by atoms with E-state index in [2.05, 4.69) is 22.8 Å². The Morgan fingerprint density at radius 3 is 2.09 bits per heavy atom. The Balaban J connectivity index is 1.48. The maximum atomic E-state index is 13.0. The lowest BCUT2D eigenvalue weighted by molar-refractivity contribution is -0.140. The van der Waals surface area contributed by atoms with Gasteiger partial charge in [0, 0.05) is 12.2 Å². The SMILES string of the molecule is CNCc1ccc(NC(=O)C23CC4CC(CC(C4)C2)C3)cc1. The van der Waals surface area contributed by atoms with Crippen LogP contribution in [0.3, 0.4) is 0 Å². The monoisotopic (exact) mass is 298 g/mol. The first-order valence-corrected chi connectivity index (χ1v) is 8.72. The molecule has 4 fully saturated rings. The molecule has 4 aliphatic carbocycles. The van der Waals surface area contributed by atoms with Gasteiger partial charge in [0.15, 0.2) is 0 Å². The molecule has 0 unspecified atom stereocenters. The highest BCUT2D eigenvalue weighted by atomic mass is 16.2. The van der Waals surface area contributed by atoms with E-state index in [1.165, 1.54) is 24.8 Å². The minimum atomic E-state index is -0.0571. The quantitative estimate of drug-likeness (QED) is 0.892. The normalized spacial score (nSPS) is 35.6. The van der Waals surface area contributed by atoms with Crippen molar-refractivity contribution in [3.63, 3.8) is 0 Å². The van der Waals surface area contributed by atoms with Crippen LogP contribution in [0.1, 0.15) is 44.1 Å². The van der Waals surface area contributed by atoms with Crippen molar-refractivity contribution in [1.29, 1.82) is 0 Å². The van der Waals surface area contributed by atoms with Crippen LogP contribution in [0.2, 0.25) is 0 Å². The fourth-order valence-corrected chi connectivity index (χ4v) is 5.56. The fraction of sp³-hybridized carbons (Fsp3) is 0.632. The molecule has 5 rings (SSSR count). The summed E-state index contributed by atoms with van der Waals surface area (Å²) >= 11 is 0. The minimum absolute atomic E-state index is 0.0571. The van der Waals surface area contributed by atoms with Crippen LogP contribution in [-0.4, -0.2) is 13.0 Å². The Bertz CT molecular complexity index is 528. The molecule has 3 nitrogen and oxygen atoms in total. The van der Waals surface area contributed by atoms with Gasteiger partial charge in [0.25, 0.3) is 0 Å². The van der Waals surface area contributed by atoms with Gasteiger partial charge in [0.1, 0.15) is 0 Å². The first-order valence-electron chi connectivity index (χ1n) is 8.72. The Morgan fingerprint density at radius 1 is 1.05 bits per heavy atom. The highest BCUT2D eigenvalue weighted by molar-refractivity contribution is 5.95. The van der Waals surface area contributed by atoms with Crippen molar-refractivity contribution in [1.82, 2.24) is 5.32 Å². The zero-order valence-corrected chi connectivity index (χ0v) is 13.4. The van der Waals surface area contributed by atoms with Crippen molar-refractivity contribution >= 4 is 11.6 Å². The smallest absolute Gasteiger partial charge is 0.230 e. The lowest BCUT2D eigenvalue weighted by Gasteiger charge is -2.55. The maximum Gasteiger partial charge on any atom is 0.230 e. The van der Waals surface area contributed by atoms with Crippen LogP contribution in [0.5, 0.6) is 0 Å². The molecule has 0 aliphatic heterocycles. The molecule has 0 atom stereocenters. The molecule has 0 spiro atoms. The van der Waals surface area contributed by atoms with E-state index < -0.39 is 0 Å². The largest absolute Gasteiger partial charge is 0.326 e. The van der Waals surface area contributed by atoms with E-state index in [4.69, 9.17) is 0 Å². The first kappa shape index (κ1) is 14.3. The second kappa shape index (κ2) is 5.38. The van der Waals surface area contributed by atoms with Gasteiger partial charge in [-0.15, -0.1) is 0 Å². The Hall–Kier alpha value is -1.35. The van der Waals surface area contributed by atoms with E-state index in [1.54, 1.807) is 0 Å². The summed E-state index contributed by atoms with van der Waals surface area (Å²) in [4.78, 5) is 13.0. The second-order valence-corrected chi connectivity index (χ2v) is 7.88. The average molecular weight is 298 g/mol. The zero-order valence-electron chi connectivity index (χ0n) is 13.4. The topological polar surface area (TPSA) is 41.1 Å². The molecule has 0 aromatic heterocycles. The number of carbonyl (C=O) groups excluding carboxylic acids is 1. The molecule has 22 heavy (non-hydrogen) atoms. The summed E-state index contributed by atoms with van der Waals surface area (Å²) in [5, 5.41) is 6.35. The molecule has 4 bridgehead atoms. The van der Waals surface area contributed by atoms with Crippen molar-refractivity contribution in [3.05, 3.63) is 29.8 Å². The molecule has 2 N–H and O–H groups in total. The van der Waals surface area contributed by atoms with E-state index in [1.807, 2.05) is 19.2 Å². The van der Waals surface area contributed by atoms with Gasteiger partial charge in [-0.1, -0.05) is 12.1 Å². The lowest BCUT2D eigenvalue weighted by Crippen LogP contribution is -2.51. The minimum Gasteiger partial charge on any atom is -0.326 e. The summed E-state index contributed by atoms with van der Waals surface area (Å²) in [7, 11) is 1.95. The van der Waals surface area contributed by atoms with Gasteiger partial charge in [-0.2, -0.15) is 0 Å². The van der Waals surface area contributed by atoms with E-state index in [0.29, 0.717) is 0 Å². The van der Waals surface area contributed by atoms with Gasteiger partial charge in [-0.3, -0.25) is 4.79 Å². The second-order valence-electron chi connectivity index (χ2n) is 7.88. The van der Waals surface area contributed by atoms with E-state index in [0.717, 1.165) is 49.2 Å². The summed E-state index contributed by atoms with van der Waals surface area (Å²) < 4.78 is 0. The molecule has 3 heteroatoms. The molecule has 1 aromatic carbocycles. The molecule has 0 heterocycles. The molecule has 4 aliphatic rings. The predicted molar refractivity (Wildman–Crippen MR) is 88.4 cm³/mol. The molecular weight excluding hydrogens is 272 g/mol. The number of rotatable bonds is 4. The molecule has 4 saturated carbocycles. The Kier molecular flexibility index (Phi) is 3.48. The number of carbonyl (C=O) groups is 1. The molecule has 0 saturated heterocycles. The molecule has 1 amide bonds. The molecular formula is C19H26N2O. The van der Waals surface area contributed by atoms with Crippen molar-refractivity contribution in [2.75, 3.05) is 12.4 Å². The van der Waals surface area contributed by atoms with Gasteiger partial charge in [0.2, 0.25) is 5.91 Å². The van der Waals surface area contributed by atoms with Crippen LogP contribution < -0.4 is 10.6 Å². The van der Waals surface area contributed by atoms with Crippen molar-refractivity contribution < 1.29 is 4.79 Å². The third-order valence-electron chi connectivity index (χ3n) is 6.11. The van der Waals surface area contributed by atoms with Crippen molar-refractivity contribution in [2.45, 2.75) is 45.1 Å². The van der Waals surface area contributed by atoms with E-state index >= 15 is 0 Å². The van der Waals surface area contributed by atoms with Crippen molar-refractivity contribution in [2.24, 2.45) is 23.2 Å². The molecule has 118 valence electrons. The number of amides is 1. The molecule has 0 radical (unpaired) electrons. The van der Waals surface area contributed by atoms with Crippen LogP contribution in [-0.2, 0) is 11.3 Å². The summed E-state index contributed by atoms with van der Waals surface area (Å²) in [5.74, 6) is 2.73. The summed E-state index contributed by atoms with van der Waals surface area (Å²) in [6, 6.07) is 8.24. The number of benzene rings is 1.